The van der Waals surface area contributed by atoms with E-state index in [4.69, 9.17) is 0 Å². The van der Waals surface area contributed by atoms with Gasteiger partial charge >= 0.3 is 0 Å². The maximum atomic E-state index is 12.8. The molecule has 1 N–H and O–H groups in total. The van der Waals surface area contributed by atoms with Crippen LogP contribution in [-0.2, 0) is 22.6 Å². The Labute approximate surface area is 136 Å². The second-order valence-electron chi connectivity index (χ2n) is 6.76. The summed E-state index contributed by atoms with van der Waals surface area (Å²) in [5, 5.41) is 10.1. The van der Waals surface area contributed by atoms with Gasteiger partial charge in [0.1, 0.15) is 6.04 Å². The summed E-state index contributed by atoms with van der Waals surface area (Å²) in [4.78, 5) is 28.0. The average Bonchev–Trinajstić information content (AvgIpc) is 3.37. The molecule has 1 aromatic carbocycles. The minimum Gasteiger partial charge on any atom is -0.391 e. The maximum absolute atomic E-state index is 12.8. The van der Waals surface area contributed by atoms with Crippen LogP contribution in [0.4, 0.5) is 0 Å². The van der Waals surface area contributed by atoms with Gasteiger partial charge in [-0.2, -0.15) is 0 Å². The molecule has 2 amide bonds. The van der Waals surface area contributed by atoms with E-state index in [2.05, 4.69) is 0 Å². The molecule has 1 fully saturated rings. The van der Waals surface area contributed by atoms with Gasteiger partial charge < -0.3 is 14.9 Å². The fourth-order valence-electron chi connectivity index (χ4n) is 3.33. The Balaban J connectivity index is 1.75. The molecule has 1 heterocycles. The number of aliphatic hydroxyl groups excluding tert-OH is 1. The lowest BCUT2D eigenvalue weighted by molar-refractivity contribution is -0.146. The number of nitrogens with zero attached hydrogens (tertiary/aromatic N) is 2. The summed E-state index contributed by atoms with van der Waals surface area (Å²) in [6.45, 7) is 2.32. The molecule has 1 aliphatic heterocycles. The molecule has 5 nitrogen and oxygen atoms in total. The van der Waals surface area contributed by atoms with Crippen molar-refractivity contribution in [2.24, 2.45) is 5.92 Å². The quantitative estimate of drug-likeness (QED) is 0.908. The van der Waals surface area contributed by atoms with Crippen LogP contribution in [0.2, 0.25) is 0 Å². The van der Waals surface area contributed by atoms with E-state index in [1.165, 1.54) is 6.92 Å². The summed E-state index contributed by atoms with van der Waals surface area (Å²) in [5.41, 5.74) is 2.23. The highest BCUT2D eigenvalue weighted by Gasteiger charge is 2.36. The predicted octanol–water partition coefficient (Wildman–Crippen LogP) is 1.19. The molecule has 0 radical (unpaired) electrons. The van der Waals surface area contributed by atoms with Crippen LogP contribution < -0.4 is 0 Å². The molecule has 124 valence electrons. The van der Waals surface area contributed by atoms with Crippen molar-refractivity contribution >= 4 is 11.8 Å². The number of likely N-dealkylation sites (N-methyl/N-ethyl adjacent to an activating group) is 1. The van der Waals surface area contributed by atoms with Crippen LogP contribution in [-0.4, -0.2) is 52.5 Å². The lowest BCUT2D eigenvalue weighted by atomic mass is 9.93. The van der Waals surface area contributed by atoms with E-state index in [1.807, 2.05) is 24.3 Å². The maximum Gasteiger partial charge on any atom is 0.245 e. The predicted molar refractivity (Wildman–Crippen MR) is 86.5 cm³/mol. The number of fused-ring (bicyclic) bond motifs is 1. The molecule has 1 aromatic rings. The van der Waals surface area contributed by atoms with E-state index in [-0.39, 0.29) is 11.8 Å². The number of carbonyl (C=O) groups is 2. The Bertz CT molecular complexity index is 612. The van der Waals surface area contributed by atoms with Gasteiger partial charge in [-0.05, 0) is 29.9 Å². The number of hydrogen-bond donors (Lipinski definition) is 1. The highest BCUT2D eigenvalue weighted by Crippen LogP contribution is 2.33. The molecule has 2 unspecified atom stereocenters. The van der Waals surface area contributed by atoms with E-state index < -0.39 is 12.1 Å². The molecule has 3 rings (SSSR count). The number of hydrogen-bond acceptors (Lipinski definition) is 3. The first kappa shape index (κ1) is 16.0. The SMILES string of the molecule is CC(=O)N1Cc2ccccc2CC1C(=O)N(C)CC(O)C1CC1. The molecule has 0 bridgehead atoms. The Morgan fingerprint density at radius 2 is 1.96 bits per heavy atom. The van der Waals surface area contributed by atoms with Gasteiger partial charge in [0, 0.05) is 33.5 Å². The summed E-state index contributed by atoms with van der Waals surface area (Å²) in [5.74, 6) is 0.157. The smallest absolute Gasteiger partial charge is 0.245 e. The fraction of sp³-hybridized carbons (Fsp3) is 0.556. The van der Waals surface area contributed by atoms with E-state index in [0.29, 0.717) is 25.4 Å². The molecule has 0 saturated heterocycles. The van der Waals surface area contributed by atoms with Gasteiger partial charge in [0.15, 0.2) is 0 Å². The Kier molecular flexibility index (Phi) is 4.39. The van der Waals surface area contributed by atoms with Gasteiger partial charge in [-0.15, -0.1) is 0 Å². The second-order valence-corrected chi connectivity index (χ2v) is 6.76. The standard InChI is InChI=1S/C18H24N2O3/c1-12(21)20-10-15-6-4-3-5-14(15)9-16(20)18(23)19(2)11-17(22)13-7-8-13/h3-6,13,16-17,22H,7-11H2,1-2H3. The summed E-state index contributed by atoms with van der Waals surface area (Å²) in [6, 6.07) is 7.47. The number of rotatable bonds is 4. The third-order valence-electron chi connectivity index (χ3n) is 4.94. The zero-order valence-corrected chi connectivity index (χ0v) is 13.7. The van der Waals surface area contributed by atoms with Crippen LogP contribution in [0.15, 0.2) is 24.3 Å². The van der Waals surface area contributed by atoms with Crippen LogP contribution >= 0.6 is 0 Å². The Morgan fingerprint density at radius 3 is 2.57 bits per heavy atom. The molecule has 1 saturated carbocycles. The number of carbonyl (C=O) groups excluding carboxylic acids is 2. The van der Waals surface area contributed by atoms with Crippen molar-refractivity contribution in [3.63, 3.8) is 0 Å². The molecule has 23 heavy (non-hydrogen) atoms. The lowest BCUT2D eigenvalue weighted by Gasteiger charge is -2.37. The van der Waals surface area contributed by atoms with Crippen LogP contribution in [0, 0.1) is 5.92 Å². The first-order valence-corrected chi connectivity index (χ1v) is 8.24. The largest absolute Gasteiger partial charge is 0.391 e. The third-order valence-corrected chi connectivity index (χ3v) is 4.94. The highest BCUT2D eigenvalue weighted by molar-refractivity contribution is 5.87. The average molecular weight is 316 g/mol. The third kappa shape index (κ3) is 3.39. The van der Waals surface area contributed by atoms with Crippen molar-refractivity contribution < 1.29 is 14.7 Å². The van der Waals surface area contributed by atoms with Crippen molar-refractivity contribution in [2.45, 2.75) is 44.9 Å². The molecular weight excluding hydrogens is 292 g/mol. The van der Waals surface area contributed by atoms with Crippen molar-refractivity contribution in [1.29, 1.82) is 0 Å². The topological polar surface area (TPSA) is 60.9 Å². The van der Waals surface area contributed by atoms with E-state index in [9.17, 15) is 14.7 Å². The molecule has 5 heteroatoms. The minimum absolute atomic E-state index is 0.0885. The monoisotopic (exact) mass is 316 g/mol. The van der Waals surface area contributed by atoms with Crippen LogP contribution in [0.1, 0.15) is 30.9 Å². The molecule has 0 aromatic heterocycles. The van der Waals surface area contributed by atoms with Gasteiger partial charge in [-0.1, -0.05) is 24.3 Å². The van der Waals surface area contributed by atoms with Crippen LogP contribution in [0.25, 0.3) is 0 Å². The molecular formula is C18H24N2O3. The second kappa shape index (κ2) is 6.32. The Hall–Kier alpha value is -1.88. The molecule has 2 atom stereocenters. The lowest BCUT2D eigenvalue weighted by Crippen LogP contribution is -2.53. The van der Waals surface area contributed by atoms with E-state index >= 15 is 0 Å². The van der Waals surface area contributed by atoms with Gasteiger partial charge in [-0.25, -0.2) is 0 Å². The van der Waals surface area contributed by atoms with Crippen LogP contribution in [0.5, 0.6) is 0 Å². The van der Waals surface area contributed by atoms with Crippen molar-refractivity contribution in [2.75, 3.05) is 13.6 Å². The summed E-state index contributed by atoms with van der Waals surface area (Å²) < 4.78 is 0. The minimum atomic E-state index is -0.473. The van der Waals surface area contributed by atoms with Gasteiger partial charge in [-0.3, -0.25) is 9.59 Å². The zero-order valence-electron chi connectivity index (χ0n) is 13.7. The molecule has 1 aliphatic carbocycles. The van der Waals surface area contributed by atoms with Gasteiger partial charge in [0.05, 0.1) is 6.10 Å². The fourth-order valence-corrected chi connectivity index (χ4v) is 3.33. The molecule has 0 spiro atoms. The first-order valence-electron chi connectivity index (χ1n) is 8.24. The van der Waals surface area contributed by atoms with Crippen molar-refractivity contribution in [3.8, 4) is 0 Å². The summed E-state index contributed by atoms with van der Waals surface area (Å²) >= 11 is 0. The Morgan fingerprint density at radius 1 is 1.30 bits per heavy atom. The first-order chi connectivity index (χ1) is 11.0. The summed E-state index contributed by atoms with van der Waals surface area (Å²) in [6.07, 6.45) is 2.17. The van der Waals surface area contributed by atoms with E-state index in [1.54, 1.807) is 16.8 Å². The van der Waals surface area contributed by atoms with E-state index in [0.717, 1.165) is 24.0 Å². The number of amides is 2. The molecule has 2 aliphatic rings. The number of aliphatic hydroxyl groups is 1. The van der Waals surface area contributed by atoms with Gasteiger partial charge in [0.25, 0.3) is 0 Å². The zero-order chi connectivity index (χ0) is 16.6. The number of benzene rings is 1. The normalized spacial score (nSPS) is 21.5. The summed E-state index contributed by atoms with van der Waals surface area (Å²) in [7, 11) is 1.72. The van der Waals surface area contributed by atoms with Crippen molar-refractivity contribution in [3.05, 3.63) is 35.4 Å². The highest BCUT2D eigenvalue weighted by atomic mass is 16.3. The van der Waals surface area contributed by atoms with Crippen molar-refractivity contribution in [1.82, 2.24) is 9.80 Å². The van der Waals surface area contributed by atoms with Crippen LogP contribution in [0.3, 0.4) is 0 Å². The van der Waals surface area contributed by atoms with Gasteiger partial charge in [0.2, 0.25) is 11.8 Å².